The molecule has 0 bridgehead atoms. The molecule has 12 heteroatoms. The van der Waals surface area contributed by atoms with E-state index in [1.165, 1.54) is 53.6 Å². The first-order chi connectivity index (χ1) is 19.3. The molecule has 1 aliphatic rings. The largest absolute Gasteiger partial charge is 0.485 e. The first kappa shape index (κ1) is 24.1. The molecule has 5 rings (SSSR count). The van der Waals surface area contributed by atoms with E-state index >= 15 is 0 Å². The molecule has 0 atom stereocenters. The van der Waals surface area contributed by atoms with Crippen LogP contribution in [0.5, 0.6) is 5.75 Å². The molecule has 0 amide bonds. The number of hydrogen-bond donors (Lipinski definition) is 1. The topological polar surface area (TPSA) is 108 Å². The van der Waals surface area contributed by atoms with Crippen LogP contribution in [0.25, 0.3) is 11.5 Å². The summed E-state index contributed by atoms with van der Waals surface area (Å²) >= 11 is 6.36. The van der Waals surface area contributed by atoms with Crippen LogP contribution in [0.4, 0.5) is 8.78 Å². The zero-order valence-corrected chi connectivity index (χ0v) is 21.5. The SMILES string of the molecule is [2H]C([2H])(Oc1cc2n(c(=O)c1Cl)-c1cc(-n3cccc(C(C)(C)O)c3=O)ncc1CCOC2)c1ncc(F)cc1F. The quantitative estimate of drug-likeness (QED) is 0.399. The molecule has 0 fully saturated rings. The second-order valence-corrected chi connectivity index (χ2v) is 9.65. The van der Waals surface area contributed by atoms with E-state index in [1.54, 1.807) is 6.07 Å². The van der Waals surface area contributed by atoms with E-state index in [0.29, 0.717) is 29.9 Å². The van der Waals surface area contributed by atoms with E-state index in [1.807, 2.05) is 0 Å². The van der Waals surface area contributed by atoms with Crippen molar-refractivity contribution < 1.29 is 26.1 Å². The fourth-order valence-electron chi connectivity index (χ4n) is 4.14. The van der Waals surface area contributed by atoms with Gasteiger partial charge in [-0.3, -0.25) is 23.7 Å². The number of pyridine rings is 4. The number of hydrogen-bond acceptors (Lipinski definition) is 7. The van der Waals surface area contributed by atoms with Crippen LogP contribution in [0.3, 0.4) is 0 Å². The Balaban J connectivity index is 1.64. The van der Waals surface area contributed by atoms with Crippen molar-refractivity contribution in [3.05, 3.63) is 109 Å². The summed E-state index contributed by atoms with van der Waals surface area (Å²) in [6.07, 6.45) is 3.99. The van der Waals surface area contributed by atoms with Crippen LogP contribution in [-0.4, -0.2) is 30.8 Å². The second-order valence-electron chi connectivity index (χ2n) is 9.27. The van der Waals surface area contributed by atoms with Crippen molar-refractivity contribution in [1.82, 2.24) is 19.1 Å². The molecule has 39 heavy (non-hydrogen) atoms. The average Bonchev–Trinajstić information content (AvgIpc) is 2.87. The highest BCUT2D eigenvalue weighted by atomic mass is 35.5. The molecule has 9 nitrogen and oxygen atoms in total. The maximum Gasteiger partial charge on any atom is 0.277 e. The first-order valence-corrected chi connectivity index (χ1v) is 12.1. The first-order valence-electron chi connectivity index (χ1n) is 12.7. The van der Waals surface area contributed by atoms with Crippen LogP contribution in [-0.2, 0) is 29.9 Å². The lowest BCUT2D eigenvalue weighted by Gasteiger charge is -2.22. The van der Waals surface area contributed by atoms with Gasteiger partial charge in [0.25, 0.3) is 11.1 Å². The van der Waals surface area contributed by atoms with Crippen molar-refractivity contribution >= 4 is 11.6 Å². The molecule has 1 N–H and O–H groups in total. The Kier molecular flexibility index (Phi) is 6.39. The molecule has 0 saturated carbocycles. The summed E-state index contributed by atoms with van der Waals surface area (Å²) < 4.78 is 57.4. The van der Waals surface area contributed by atoms with Gasteiger partial charge in [-0.05, 0) is 38.0 Å². The third-order valence-electron chi connectivity index (χ3n) is 6.06. The van der Waals surface area contributed by atoms with Gasteiger partial charge in [0, 0.05) is 36.2 Å². The maximum atomic E-state index is 14.3. The third kappa shape index (κ3) is 5.20. The van der Waals surface area contributed by atoms with Crippen LogP contribution < -0.4 is 15.9 Å². The Morgan fingerprint density at radius 1 is 1.21 bits per heavy atom. The van der Waals surface area contributed by atoms with Gasteiger partial charge in [-0.15, -0.1) is 0 Å². The fourth-order valence-corrected chi connectivity index (χ4v) is 4.32. The van der Waals surface area contributed by atoms with Gasteiger partial charge in [0.2, 0.25) is 0 Å². The van der Waals surface area contributed by atoms with Crippen molar-refractivity contribution in [3.63, 3.8) is 0 Å². The van der Waals surface area contributed by atoms with Crippen LogP contribution in [0.2, 0.25) is 5.02 Å². The van der Waals surface area contributed by atoms with E-state index < -0.39 is 51.4 Å². The molecular formula is C27H23ClF2N4O5. The second kappa shape index (κ2) is 10.3. The Bertz CT molecular complexity index is 1790. The van der Waals surface area contributed by atoms with Crippen LogP contribution in [0, 0.1) is 11.6 Å². The summed E-state index contributed by atoms with van der Waals surface area (Å²) in [5.74, 6) is -2.52. The zero-order valence-electron chi connectivity index (χ0n) is 22.7. The highest BCUT2D eigenvalue weighted by molar-refractivity contribution is 6.31. The Morgan fingerprint density at radius 3 is 2.74 bits per heavy atom. The Labute approximate surface area is 228 Å². The Hall–Kier alpha value is -3.93. The van der Waals surface area contributed by atoms with Gasteiger partial charge in [-0.2, -0.15) is 0 Å². The van der Waals surface area contributed by atoms with Gasteiger partial charge in [0.05, 0.1) is 39.1 Å². The monoisotopic (exact) mass is 558 g/mol. The van der Waals surface area contributed by atoms with Crippen molar-refractivity contribution in [2.75, 3.05) is 6.61 Å². The molecule has 0 unspecified atom stereocenters. The molecule has 0 aliphatic carbocycles. The maximum absolute atomic E-state index is 14.3. The number of nitrogens with zero attached hydrogens (tertiary/aromatic N) is 4. The molecule has 0 saturated heterocycles. The molecule has 5 heterocycles. The molecule has 4 aromatic heterocycles. The number of aliphatic hydroxyl groups is 1. The van der Waals surface area contributed by atoms with Crippen LogP contribution in [0.15, 0.2) is 58.5 Å². The molecule has 1 aliphatic heterocycles. The fraction of sp³-hybridized carbons (Fsp3) is 0.259. The van der Waals surface area contributed by atoms with Crippen LogP contribution in [0.1, 0.15) is 39.1 Å². The molecule has 0 radical (unpaired) electrons. The smallest absolute Gasteiger partial charge is 0.277 e. The van der Waals surface area contributed by atoms with E-state index in [2.05, 4.69) is 9.97 Å². The standard InChI is InChI=1S/C27H23ClF2N4O5/c1-27(2,37)18-4-3-6-33(25(18)35)23-10-21-15(11-32-23)5-7-38-13-17-9-22(24(28)26(36)34(17)21)39-14-20-19(30)8-16(29)12-31-20/h3-4,6,8-12,37H,5,7,13-14H2,1-2H3/i14D2. The predicted molar refractivity (Wildman–Crippen MR) is 138 cm³/mol. The minimum Gasteiger partial charge on any atom is -0.485 e. The van der Waals surface area contributed by atoms with E-state index in [0.717, 1.165) is 0 Å². The zero-order chi connectivity index (χ0) is 29.7. The summed E-state index contributed by atoms with van der Waals surface area (Å²) in [6, 6.07) is 6.36. The lowest BCUT2D eigenvalue weighted by Crippen LogP contribution is -2.31. The van der Waals surface area contributed by atoms with Crippen molar-refractivity contribution in [2.45, 2.75) is 39.0 Å². The van der Waals surface area contributed by atoms with E-state index in [-0.39, 0.29) is 30.3 Å². The summed E-state index contributed by atoms with van der Waals surface area (Å²) in [5, 5.41) is 9.90. The predicted octanol–water partition coefficient (Wildman–Crippen LogP) is 3.59. The summed E-state index contributed by atoms with van der Waals surface area (Å²) in [7, 11) is 0. The number of halogens is 3. The minimum atomic E-state index is -2.92. The molecule has 4 aromatic rings. The highest BCUT2D eigenvalue weighted by Crippen LogP contribution is 2.28. The number of ether oxygens (including phenoxy) is 2. The number of fused-ring (bicyclic) bond motifs is 3. The van der Waals surface area contributed by atoms with Crippen molar-refractivity contribution in [1.29, 1.82) is 0 Å². The summed E-state index contributed by atoms with van der Waals surface area (Å²) in [4.78, 5) is 34.6. The van der Waals surface area contributed by atoms with Gasteiger partial charge in [0.15, 0.2) is 5.82 Å². The average molecular weight is 559 g/mol. The van der Waals surface area contributed by atoms with Gasteiger partial charge in [0.1, 0.15) is 34.7 Å². The molecule has 202 valence electrons. The molecule has 0 spiro atoms. The summed E-state index contributed by atoms with van der Waals surface area (Å²) in [6.45, 7) is 0.211. The van der Waals surface area contributed by atoms with Gasteiger partial charge in [-0.1, -0.05) is 11.6 Å². The van der Waals surface area contributed by atoms with E-state index in [4.69, 9.17) is 23.8 Å². The van der Waals surface area contributed by atoms with Gasteiger partial charge in [-0.25, -0.2) is 13.8 Å². The van der Waals surface area contributed by atoms with E-state index in [9.17, 15) is 23.5 Å². The molecular weight excluding hydrogens is 534 g/mol. The Morgan fingerprint density at radius 2 is 2.00 bits per heavy atom. The highest BCUT2D eigenvalue weighted by Gasteiger charge is 2.24. The number of aromatic nitrogens is 4. The number of rotatable bonds is 5. The lowest BCUT2D eigenvalue weighted by atomic mass is 10.0. The third-order valence-corrected chi connectivity index (χ3v) is 6.41. The minimum absolute atomic E-state index is 0.0971. The normalized spacial score (nSPS) is 14.4. The lowest BCUT2D eigenvalue weighted by molar-refractivity contribution is 0.0767. The van der Waals surface area contributed by atoms with Crippen LogP contribution >= 0.6 is 11.6 Å². The van der Waals surface area contributed by atoms with Crippen molar-refractivity contribution in [3.8, 4) is 17.3 Å². The summed E-state index contributed by atoms with van der Waals surface area (Å²) in [5.41, 5.74) is -2.24. The van der Waals surface area contributed by atoms with Gasteiger partial charge < -0.3 is 14.6 Å². The molecule has 0 aromatic carbocycles. The van der Waals surface area contributed by atoms with Gasteiger partial charge >= 0.3 is 0 Å². The van der Waals surface area contributed by atoms with Crippen molar-refractivity contribution in [2.24, 2.45) is 0 Å².